The average Bonchev–Trinajstić information content (AvgIpc) is 3.08. The zero-order valence-electron chi connectivity index (χ0n) is 14.7. The Balaban J connectivity index is 1.45. The van der Waals surface area contributed by atoms with Gasteiger partial charge in [0, 0.05) is 19.0 Å². The van der Waals surface area contributed by atoms with Gasteiger partial charge in [0.15, 0.2) is 0 Å². The molecule has 0 fully saturated rings. The van der Waals surface area contributed by atoms with Gasteiger partial charge in [-0.05, 0) is 48.2 Å². The maximum Gasteiger partial charge on any atom is 0.315 e. The fourth-order valence-electron chi connectivity index (χ4n) is 2.97. The summed E-state index contributed by atoms with van der Waals surface area (Å²) in [6.45, 7) is 3.26. The van der Waals surface area contributed by atoms with Gasteiger partial charge in [-0.2, -0.15) is 0 Å². The van der Waals surface area contributed by atoms with Crippen LogP contribution in [0.1, 0.15) is 23.6 Å². The van der Waals surface area contributed by atoms with Crippen LogP contribution in [0, 0.1) is 0 Å². The fourth-order valence-corrected chi connectivity index (χ4v) is 2.97. The highest BCUT2D eigenvalue weighted by atomic mass is 16.5. The molecule has 0 bridgehead atoms. The second-order valence-electron chi connectivity index (χ2n) is 6.32. The van der Waals surface area contributed by atoms with Gasteiger partial charge < -0.3 is 20.1 Å². The molecule has 0 aromatic heterocycles. The summed E-state index contributed by atoms with van der Waals surface area (Å²) in [6.07, 6.45) is 1.76. The number of nitrogens with one attached hydrogen (secondary N) is 2. The van der Waals surface area contributed by atoms with Gasteiger partial charge in [-0.3, -0.25) is 0 Å². The number of urea groups is 1. The van der Waals surface area contributed by atoms with Crippen LogP contribution in [0.25, 0.3) is 0 Å². The third-order valence-corrected chi connectivity index (χ3v) is 4.29. The molecule has 0 radical (unpaired) electrons. The minimum Gasteiger partial charge on any atom is -0.497 e. The van der Waals surface area contributed by atoms with Crippen molar-refractivity contribution in [3.8, 4) is 11.5 Å². The maximum absolute atomic E-state index is 12.1. The van der Waals surface area contributed by atoms with Crippen LogP contribution in [0.4, 0.5) is 4.79 Å². The van der Waals surface area contributed by atoms with Gasteiger partial charge >= 0.3 is 6.03 Å². The first-order valence-corrected chi connectivity index (χ1v) is 8.56. The van der Waals surface area contributed by atoms with Gasteiger partial charge in [0.1, 0.15) is 11.5 Å². The fraction of sp³-hybridized carbons (Fsp3) is 0.350. The molecule has 1 aliphatic heterocycles. The lowest BCUT2D eigenvalue weighted by Crippen LogP contribution is -2.41. The lowest BCUT2D eigenvalue weighted by molar-refractivity contribution is 0.237. The van der Waals surface area contributed by atoms with Gasteiger partial charge in [-0.25, -0.2) is 4.79 Å². The lowest BCUT2D eigenvalue weighted by Gasteiger charge is -2.15. The van der Waals surface area contributed by atoms with E-state index in [4.69, 9.17) is 9.47 Å². The largest absolute Gasteiger partial charge is 0.497 e. The zero-order chi connectivity index (χ0) is 17.6. The Kier molecular flexibility index (Phi) is 5.43. The average molecular weight is 340 g/mol. The summed E-state index contributed by atoms with van der Waals surface area (Å²) in [6, 6.07) is 13.8. The van der Waals surface area contributed by atoms with Crippen LogP contribution in [-0.2, 0) is 19.4 Å². The number of fused-ring (bicyclic) bond motifs is 1. The molecular weight excluding hydrogens is 316 g/mol. The highest BCUT2D eigenvalue weighted by Gasteiger charge is 2.14. The Labute approximate surface area is 148 Å². The number of carbonyl (C=O) groups is 1. The van der Waals surface area contributed by atoms with E-state index in [1.165, 1.54) is 11.1 Å². The summed E-state index contributed by atoms with van der Waals surface area (Å²) < 4.78 is 10.6. The van der Waals surface area contributed by atoms with E-state index < -0.39 is 0 Å². The third kappa shape index (κ3) is 4.66. The van der Waals surface area contributed by atoms with Crippen molar-refractivity contribution in [2.75, 3.05) is 13.7 Å². The van der Waals surface area contributed by atoms with E-state index >= 15 is 0 Å². The van der Waals surface area contributed by atoms with Gasteiger partial charge in [0.2, 0.25) is 0 Å². The van der Waals surface area contributed by atoms with Crippen LogP contribution >= 0.6 is 0 Å². The summed E-state index contributed by atoms with van der Waals surface area (Å²) in [5.41, 5.74) is 3.50. The molecular formula is C20H24N2O3. The summed E-state index contributed by atoms with van der Waals surface area (Å²) in [5, 5.41) is 5.87. The van der Waals surface area contributed by atoms with E-state index in [-0.39, 0.29) is 12.1 Å². The summed E-state index contributed by atoms with van der Waals surface area (Å²) in [4.78, 5) is 12.1. The van der Waals surface area contributed by atoms with Crippen molar-refractivity contribution in [1.29, 1.82) is 0 Å². The van der Waals surface area contributed by atoms with Gasteiger partial charge in [0.25, 0.3) is 0 Å². The van der Waals surface area contributed by atoms with Gasteiger partial charge in [-0.15, -0.1) is 0 Å². The third-order valence-electron chi connectivity index (χ3n) is 4.29. The van der Waals surface area contributed by atoms with Crippen LogP contribution in [0.15, 0.2) is 42.5 Å². The molecule has 2 aromatic rings. The van der Waals surface area contributed by atoms with E-state index in [1.54, 1.807) is 7.11 Å². The number of benzene rings is 2. The number of ether oxygens (including phenoxy) is 2. The van der Waals surface area contributed by atoms with Gasteiger partial charge in [0.05, 0.1) is 13.7 Å². The standard InChI is InChI=1S/C20H24N2O3/c1-14(11-16-5-8-19-17(12-16)9-10-25-19)22-20(23)21-13-15-3-6-18(24-2)7-4-15/h3-8,12,14H,9-11,13H2,1-2H3,(H2,21,22,23)/t14-/m1/s1. The highest BCUT2D eigenvalue weighted by Crippen LogP contribution is 2.26. The van der Waals surface area contributed by atoms with E-state index in [2.05, 4.69) is 22.8 Å². The highest BCUT2D eigenvalue weighted by molar-refractivity contribution is 5.74. The number of amides is 2. The predicted octanol–water partition coefficient (Wildman–Crippen LogP) is 3.06. The number of hydrogen-bond donors (Lipinski definition) is 2. The van der Waals surface area contributed by atoms with E-state index in [0.29, 0.717) is 6.54 Å². The van der Waals surface area contributed by atoms with E-state index in [0.717, 1.165) is 36.5 Å². The van der Waals surface area contributed by atoms with Crippen LogP contribution in [0.5, 0.6) is 11.5 Å². The molecule has 0 saturated heterocycles. The van der Waals surface area contributed by atoms with Crippen LogP contribution in [0.3, 0.4) is 0 Å². The Morgan fingerprint density at radius 2 is 1.96 bits per heavy atom. The molecule has 0 saturated carbocycles. The first-order valence-electron chi connectivity index (χ1n) is 8.56. The molecule has 2 amide bonds. The summed E-state index contributed by atoms with van der Waals surface area (Å²) in [7, 11) is 1.64. The summed E-state index contributed by atoms with van der Waals surface area (Å²) in [5.74, 6) is 1.79. The Hall–Kier alpha value is -2.69. The van der Waals surface area contributed by atoms with Gasteiger partial charge in [-0.1, -0.05) is 24.3 Å². The summed E-state index contributed by atoms with van der Waals surface area (Å²) >= 11 is 0. The van der Waals surface area contributed by atoms with Crippen molar-refractivity contribution in [3.05, 3.63) is 59.2 Å². The molecule has 2 aromatic carbocycles. The second-order valence-corrected chi connectivity index (χ2v) is 6.32. The van der Waals surface area contributed by atoms with Crippen molar-refractivity contribution in [2.24, 2.45) is 0 Å². The monoisotopic (exact) mass is 340 g/mol. The molecule has 1 aliphatic rings. The SMILES string of the molecule is COc1ccc(CNC(=O)N[C@H](C)Cc2ccc3c(c2)CCO3)cc1. The van der Waals surface area contributed by atoms with Crippen molar-refractivity contribution >= 4 is 6.03 Å². The number of methoxy groups -OCH3 is 1. The minimum absolute atomic E-state index is 0.0521. The molecule has 0 aliphatic carbocycles. The Bertz CT molecular complexity index is 728. The second kappa shape index (κ2) is 7.92. The molecule has 3 rings (SSSR count). The molecule has 1 heterocycles. The smallest absolute Gasteiger partial charge is 0.315 e. The number of hydrogen-bond acceptors (Lipinski definition) is 3. The first kappa shape index (κ1) is 17.1. The quantitative estimate of drug-likeness (QED) is 0.850. The topological polar surface area (TPSA) is 59.6 Å². The number of rotatable bonds is 6. The zero-order valence-corrected chi connectivity index (χ0v) is 14.7. The van der Waals surface area contributed by atoms with E-state index in [1.807, 2.05) is 37.3 Å². The normalized spacial score (nSPS) is 13.5. The van der Waals surface area contributed by atoms with Crippen LogP contribution in [-0.4, -0.2) is 25.8 Å². The minimum atomic E-state index is -0.159. The molecule has 1 atom stereocenters. The predicted molar refractivity (Wildman–Crippen MR) is 97.2 cm³/mol. The van der Waals surface area contributed by atoms with Crippen molar-refractivity contribution < 1.29 is 14.3 Å². The molecule has 5 nitrogen and oxygen atoms in total. The maximum atomic E-state index is 12.1. The van der Waals surface area contributed by atoms with E-state index in [9.17, 15) is 4.79 Å². The first-order chi connectivity index (χ1) is 12.1. The molecule has 5 heteroatoms. The Morgan fingerprint density at radius 3 is 2.72 bits per heavy atom. The van der Waals surface area contributed by atoms with Crippen LogP contribution < -0.4 is 20.1 Å². The lowest BCUT2D eigenvalue weighted by atomic mass is 10.0. The molecule has 2 N–H and O–H groups in total. The van der Waals surface area contributed by atoms with Crippen molar-refractivity contribution in [3.63, 3.8) is 0 Å². The number of carbonyl (C=O) groups excluding carboxylic acids is 1. The van der Waals surface area contributed by atoms with Crippen molar-refractivity contribution in [2.45, 2.75) is 32.4 Å². The Morgan fingerprint density at radius 1 is 1.20 bits per heavy atom. The molecule has 25 heavy (non-hydrogen) atoms. The molecule has 132 valence electrons. The molecule has 0 spiro atoms. The van der Waals surface area contributed by atoms with Crippen LogP contribution in [0.2, 0.25) is 0 Å². The molecule has 0 unspecified atom stereocenters. The van der Waals surface area contributed by atoms with Crippen molar-refractivity contribution in [1.82, 2.24) is 10.6 Å².